The van der Waals surface area contributed by atoms with Crippen molar-refractivity contribution < 1.29 is 4.79 Å². The Bertz CT molecular complexity index is 471. The number of amides is 1. The van der Waals surface area contributed by atoms with E-state index in [0.29, 0.717) is 17.7 Å². The summed E-state index contributed by atoms with van der Waals surface area (Å²) in [6.45, 7) is 4.75. The first-order chi connectivity index (χ1) is 10.7. The van der Waals surface area contributed by atoms with Crippen molar-refractivity contribution in [1.82, 2.24) is 19.7 Å². The smallest absolute Gasteiger partial charge is 0.222 e. The molecule has 0 unspecified atom stereocenters. The quantitative estimate of drug-likeness (QED) is 0.859. The molecule has 2 aliphatic rings. The van der Waals surface area contributed by atoms with Gasteiger partial charge in [0.1, 0.15) is 12.7 Å². The Morgan fingerprint density at radius 2 is 1.95 bits per heavy atom. The van der Waals surface area contributed by atoms with E-state index in [4.69, 9.17) is 0 Å². The first-order valence-corrected chi connectivity index (χ1v) is 8.84. The monoisotopic (exact) mass is 304 g/mol. The molecule has 1 saturated heterocycles. The fourth-order valence-electron chi connectivity index (χ4n) is 4.47. The van der Waals surface area contributed by atoms with Crippen molar-refractivity contribution in [2.24, 2.45) is 11.3 Å². The highest BCUT2D eigenvalue weighted by atomic mass is 16.2. The number of likely N-dealkylation sites (tertiary alicyclic amines) is 1. The van der Waals surface area contributed by atoms with Gasteiger partial charge in [-0.1, -0.05) is 26.2 Å². The van der Waals surface area contributed by atoms with Crippen LogP contribution in [0.2, 0.25) is 0 Å². The van der Waals surface area contributed by atoms with Crippen LogP contribution in [0.25, 0.3) is 0 Å². The van der Waals surface area contributed by atoms with Gasteiger partial charge >= 0.3 is 0 Å². The Balaban J connectivity index is 1.74. The maximum Gasteiger partial charge on any atom is 0.222 e. The highest BCUT2D eigenvalue weighted by Gasteiger charge is 2.42. The number of hydrogen-bond donors (Lipinski definition) is 0. The standard InChI is InChI=1S/C17H28N4O/c1-2-16(22)20-10-8-17(9-11-20,12-21-14-18-13-19-21)15-6-4-3-5-7-15/h13-15H,2-12H2,1H3. The number of piperidine rings is 1. The molecule has 1 aliphatic carbocycles. The zero-order chi connectivity index (χ0) is 15.4. The van der Waals surface area contributed by atoms with Crippen LogP contribution in [-0.2, 0) is 11.3 Å². The second-order valence-corrected chi connectivity index (χ2v) is 7.02. The van der Waals surface area contributed by atoms with Crippen molar-refractivity contribution in [1.29, 1.82) is 0 Å². The molecule has 5 heteroatoms. The summed E-state index contributed by atoms with van der Waals surface area (Å²) in [7, 11) is 0. The fourth-order valence-corrected chi connectivity index (χ4v) is 4.47. The number of nitrogens with zero attached hydrogens (tertiary/aromatic N) is 4. The van der Waals surface area contributed by atoms with Crippen LogP contribution >= 0.6 is 0 Å². The lowest BCUT2D eigenvalue weighted by molar-refractivity contribution is -0.134. The highest BCUT2D eigenvalue weighted by Crippen LogP contribution is 2.46. The minimum Gasteiger partial charge on any atom is -0.343 e. The van der Waals surface area contributed by atoms with Gasteiger partial charge in [0.15, 0.2) is 0 Å². The van der Waals surface area contributed by atoms with Gasteiger partial charge in [0.25, 0.3) is 0 Å². The fraction of sp³-hybridized carbons (Fsp3) is 0.824. The van der Waals surface area contributed by atoms with E-state index in [1.807, 2.05) is 17.9 Å². The number of aromatic nitrogens is 3. The molecule has 0 radical (unpaired) electrons. The van der Waals surface area contributed by atoms with Gasteiger partial charge in [0.2, 0.25) is 5.91 Å². The van der Waals surface area contributed by atoms with Gasteiger partial charge in [0, 0.05) is 26.1 Å². The van der Waals surface area contributed by atoms with Crippen LogP contribution in [-0.4, -0.2) is 38.7 Å². The van der Waals surface area contributed by atoms with E-state index in [-0.39, 0.29) is 0 Å². The van der Waals surface area contributed by atoms with Crippen molar-refractivity contribution in [2.75, 3.05) is 13.1 Å². The lowest BCUT2D eigenvalue weighted by Crippen LogP contribution is -2.48. The molecule has 1 aromatic heterocycles. The van der Waals surface area contributed by atoms with E-state index < -0.39 is 0 Å². The van der Waals surface area contributed by atoms with Crippen molar-refractivity contribution in [3.63, 3.8) is 0 Å². The summed E-state index contributed by atoms with van der Waals surface area (Å²) in [5.74, 6) is 1.09. The molecule has 0 aromatic carbocycles. The van der Waals surface area contributed by atoms with E-state index in [9.17, 15) is 4.79 Å². The Kier molecular flexibility index (Phi) is 4.79. The first-order valence-electron chi connectivity index (χ1n) is 8.84. The molecule has 1 aliphatic heterocycles. The number of carbonyl (C=O) groups excluding carboxylic acids is 1. The molecular formula is C17H28N4O. The van der Waals surface area contributed by atoms with Gasteiger partial charge in [-0.25, -0.2) is 4.98 Å². The van der Waals surface area contributed by atoms with Crippen LogP contribution in [0.4, 0.5) is 0 Å². The molecule has 2 fully saturated rings. The minimum absolute atomic E-state index is 0.304. The highest BCUT2D eigenvalue weighted by molar-refractivity contribution is 5.75. The first kappa shape index (κ1) is 15.5. The molecule has 0 bridgehead atoms. The largest absolute Gasteiger partial charge is 0.343 e. The Labute approximate surface area is 133 Å². The van der Waals surface area contributed by atoms with E-state index in [1.165, 1.54) is 32.1 Å². The Hall–Kier alpha value is -1.39. The van der Waals surface area contributed by atoms with E-state index in [1.54, 1.807) is 6.33 Å². The third-order valence-electron chi connectivity index (χ3n) is 5.83. The topological polar surface area (TPSA) is 51.0 Å². The molecule has 122 valence electrons. The van der Waals surface area contributed by atoms with Crippen molar-refractivity contribution in [3.05, 3.63) is 12.7 Å². The Morgan fingerprint density at radius 3 is 2.55 bits per heavy atom. The molecule has 0 spiro atoms. The molecule has 22 heavy (non-hydrogen) atoms. The summed E-state index contributed by atoms with van der Waals surface area (Å²) in [5, 5.41) is 4.35. The summed E-state index contributed by atoms with van der Waals surface area (Å²) >= 11 is 0. The normalized spacial score (nSPS) is 22.7. The lowest BCUT2D eigenvalue weighted by Gasteiger charge is -2.48. The molecule has 1 aromatic rings. The predicted molar refractivity (Wildman–Crippen MR) is 85.1 cm³/mol. The maximum absolute atomic E-state index is 12.0. The maximum atomic E-state index is 12.0. The second-order valence-electron chi connectivity index (χ2n) is 7.02. The van der Waals surface area contributed by atoms with Crippen LogP contribution in [0.5, 0.6) is 0 Å². The molecule has 0 N–H and O–H groups in total. The van der Waals surface area contributed by atoms with Crippen LogP contribution in [0, 0.1) is 11.3 Å². The second kappa shape index (κ2) is 6.80. The van der Waals surface area contributed by atoms with Crippen LogP contribution < -0.4 is 0 Å². The Morgan fingerprint density at radius 1 is 1.23 bits per heavy atom. The van der Waals surface area contributed by atoms with E-state index >= 15 is 0 Å². The van der Waals surface area contributed by atoms with Crippen molar-refractivity contribution >= 4 is 5.91 Å². The van der Waals surface area contributed by atoms with Gasteiger partial charge in [-0.2, -0.15) is 5.10 Å². The van der Waals surface area contributed by atoms with Crippen LogP contribution in [0.15, 0.2) is 12.7 Å². The van der Waals surface area contributed by atoms with Crippen molar-refractivity contribution in [2.45, 2.75) is 64.8 Å². The van der Waals surface area contributed by atoms with E-state index in [2.05, 4.69) is 15.0 Å². The molecule has 2 heterocycles. The average molecular weight is 304 g/mol. The average Bonchev–Trinajstić information content (AvgIpc) is 3.08. The summed E-state index contributed by atoms with van der Waals surface area (Å²) in [6, 6.07) is 0. The molecule has 1 amide bonds. The molecule has 3 rings (SSSR count). The molecule has 5 nitrogen and oxygen atoms in total. The van der Waals surface area contributed by atoms with Crippen LogP contribution in [0.3, 0.4) is 0 Å². The van der Waals surface area contributed by atoms with Gasteiger partial charge in [-0.05, 0) is 37.0 Å². The SMILES string of the molecule is CCC(=O)N1CCC(Cn2cncn2)(C2CCCCC2)CC1. The predicted octanol–water partition coefficient (Wildman–Crippen LogP) is 2.88. The minimum atomic E-state index is 0.304. The summed E-state index contributed by atoms with van der Waals surface area (Å²) in [4.78, 5) is 18.1. The van der Waals surface area contributed by atoms with E-state index in [0.717, 1.165) is 38.4 Å². The molecule has 0 atom stereocenters. The summed E-state index contributed by atoms with van der Waals surface area (Å²) < 4.78 is 2.01. The zero-order valence-electron chi connectivity index (χ0n) is 13.7. The molecule has 1 saturated carbocycles. The lowest BCUT2D eigenvalue weighted by atomic mass is 9.63. The third-order valence-corrected chi connectivity index (χ3v) is 5.83. The summed E-state index contributed by atoms with van der Waals surface area (Å²) in [6.07, 6.45) is 13.1. The van der Waals surface area contributed by atoms with Gasteiger partial charge in [-0.15, -0.1) is 0 Å². The number of hydrogen-bond acceptors (Lipinski definition) is 3. The van der Waals surface area contributed by atoms with Gasteiger partial charge < -0.3 is 4.90 Å². The van der Waals surface area contributed by atoms with Gasteiger partial charge in [0.05, 0.1) is 0 Å². The number of carbonyl (C=O) groups is 1. The van der Waals surface area contributed by atoms with Crippen LogP contribution in [0.1, 0.15) is 58.3 Å². The zero-order valence-corrected chi connectivity index (χ0v) is 13.7. The summed E-state index contributed by atoms with van der Waals surface area (Å²) in [5.41, 5.74) is 0.304. The molecular weight excluding hydrogens is 276 g/mol. The van der Waals surface area contributed by atoms with Gasteiger partial charge in [-0.3, -0.25) is 9.48 Å². The van der Waals surface area contributed by atoms with Crippen molar-refractivity contribution in [3.8, 4) is 0 Å². The number of rotatable bonds is 4. The third kappa shape index (κ3) is 3.18.